The van der Waals surface area contributed by atoms with Crippen molar-refractivity contribution < 1.29 is 13.9 Å². The van der Waals surface area contributed by atoms with Crippen LogP contribution in [0.5, 0.6) is 0 Å². The summed E-state index contributed by atoms with van der Waals surface area (Å²) < 4.78 is 10.7. The van der Waals surface area contributed by atoms with E-state index >= 15 is 0 Å². The number of hydrogen-bond acceptors (Lipinski definition) is 3. The van der Waals surface area contributed by atoms with E-state index in [0.717, 1.165) is 22.8 Å². The molecule has 0 saturated carbocycles. The lowest BCUT2D eigenvalue weighted by Crippen LogP contribution is -2.36. The van der Waals surface area contributed by atoms with Crippen molar-refractivity contribution in [1.82, 2.24) is 4.90 Å². The Labute approximate surface area is 137 Å². The molecule has 1 aromatic heterocycles. The quantitative estimate of drug-likeness (QED) is 0.879. The third kappa shape index (κ3) is 4.86. The first-order valence-corrected chi connectivity index (χ1v) is 7.67. The summed E-state index contributed by atoms with van der Waals surface area (Å²) in [6.07, 6.45) is 0. The lowest BCUT2D eigenvalue weighted by Gasteiger charge is -2.22. The average Bonchev–Trinajstić information content (AvgIpc) is 2.91. The molecule has 0 bridgehead atoms. The van der Waals surface area contributed by atoms with Gasteiger partial charge in [-0.15, -0.1) is 0 Å². The van der Waals surface area contributed by atoms with E-state index in [1.165, 1.54) is 5.56 Å². The first kappa shape index (κ1) is 17.1. The first-order chi connectivity index (χ1) is 11.0. The highest BCUT2D eigenvalue weighted by Gasteiger charge is 2.16. The molecule has 23 heavy (non-hydrogen) atoms. The number of carbonyl (C=O) groups is 1. The molecular weight excluding hydrogens is 292 g/mol. The number of ether oxygens (including phenoxy) is 1. The molecule has 2 rings (SSSR count). The lowest BCUT2D eigenvalue weighted by atomic mass is 10.1. The van der Waals surface area contributed by atoms with Crippen LogP contribution in [0.1, 0.15) is 22.6 Å². The maximum atomic E-state index is 12.6. The minimum Gasteiger partial charge on any atom is -0.464 e. The Morgan fingerprint density at radius 2 is 2.00 bits per heavy atom. The Morgan fingerprint density at radius 3 is 2.61 bits per heavy atom. The summed E-state index contributed by atoms with van der Waals surface area (Å²) in [5.41, 5.74) is 3.03. The van der Waals surface area contributed by atoms with Crippen LogP contribution in [0.15, 0.2) is 34.7 Å². The van der Waals surface area contributed by atoms with Crippen molar-refractivity contribution in [2.24, 2.45) is 0 Å². The molecule has 0 fully saturated rings. The van der Waals surface area contributed by atoms with Gasteiger partial charge in [0.1, 0.15) is 11.5 Å². The molecule has 1 aromatic carbocycles. The third-order valence-corrected chi connectivity index (χ3v) is 3.62. The van der Waals surface area contributed by atoms with Crippen LogP contribution in [0.25, 0.3) is 0 Å². The zero-order valence-electron chi connectivity index (χ0n) is 14.2. The molecule has 2 aromatic rings. The number of benzene rings is 1. The number of hydrogen-bond donors (Lipinski definition) is 1. The largest absolute Gasteiger partial charge is 0.464 e. The van der Waals surface area contributed by atoms with Gasteiger partial charge in [-0.25, -0.2) is 4.79 Å². The van der Waals surface area contributed by atoms with E-state index in [4.69, 9.17) is 9.15 Å². The molecule has 0 saturated heterocycles. The summed E-state index contributed by atoms with van der Waals surface area (Å²) >= 11 is 0. The minimum absolute atomic E-state index is 0.164. The van der Waals surface area contributed by atoms with E-state index in [0.29, 0.717) is 19.7 Å². The van der Waals surface area contributed by atoms with Gasteiger partial charge in [0.05, 0.1) is 13.2 Å². The van der Waals surface area contributed by atoms with Crippen molar-refractivity contribution in [2.75, 3.05) is 25.6 Å². The number of nitrogens with one attached hydrogen (secondary N) is 1. The van der Waals surface area contributed by atoms with Gasteiger partial charge in [0, 0.05) is 19.3 Å². The Bertz CT molecular complexity index is 664. The highest BCUT2D eigenvalue weighted by atomic mass is 16.5. The maximum absolute atomic E-state index is 12.6. The van der Waals surface area contributed by atoms with Crippen molar-refractivity contribution in [1.29, 1.82) is 0 Å². The van der Waals surface area contributed by atoms with Crippen molar-refractivity contribution in [3.05, 3.63) is 53.0 Å². The number of anilines is 1. The second-order valence-corrected chi connectivity index (χ2v) is 5.68. The lowest BCUT2D eigenvalue weighted by molar-refractivity contribution is 0.149. The molecule has 0 aliphatic heterocycles. The van der Waals surface area contributed by atoms with E-state index in [1.54, 1.807) is 12.0 Å². The number of urea groups is 1. The van der Waals surface area contributed by atoms with E-state index in [1.807, 2.05) is 51.1 Å². The number of rotatable bonds is 6. The van der Waals surface area contributed by atoms with Crippen LogP contribution in [0.2, 0.25) is 0 Å². The van der Waals surface area contributed by atoms with Gasteiger partial charge >= 0.3 is 6.03 Å². The van der Waals surface area contributed by atoms with Crippen LogP contribution in [0.3, 0.4) is 0 Å². The molecule has 1 N–H and O–H groups in total. The van der Waals surface area contributed by atoms with E-state index in [9.17, 15) is 4.79 Å². The van der Waals surface area contributed by atoms with Gasteiger partial charge in [-0.1, -0.05) is 17.7 Å². The summed E-state index contributed by atoms with van der Waals surface area (Å²) in [6, 6.07) is 9.57. The van der Waals surface area contributed by atoms with Gasteiger partial charge in [-0.05, 0) is 44.5 Å². The van der Waals surface area contributed by atoms with Crippen LogP contribution in [-0.4, -0.2) is 31.2 Å². The molecule has 2 amide bonds. The molecule has 0 aliphatic rings. The van der Waals surface area contributed by atoms with E-state index < -0.39 is 0 Å². The second kappa shape index (κ2) is 7.83. The fraction of sp³-hybridized carbons (Fsp3) is 0.389. The topological polar surface area (TPSA) is 54.7 Å². The zero-order valence-corrected chi connectivity index (χ0v) is 14.2. The highest BCUT2D eigenvalue weighted by Crippen LogP contribution is 2.17. The summed E-state index contributed by atoms with van der Waals surface area (Å²) in [5.74, 6) is 1.59. The summed E-state index contributed by atoms with van der Waals surface area (Å²) in [7, 11) is 1.62. The van der Waals surface area contributed by atoms with E-state index in [-0.39, 0.29) is 6.03 Å². The summed E-state index contributed by atoms with van der Waals surface area (Å²) in [6.45, 7) is 7.28. The molecule has 0 aliphatic carbocycles. The van der Waals surface area contributed by atoms with Gasteiger partial charge in [-0.2, -0.15) is 0 Å². The Balaban J connectivity index is 2.09. The average molecular weight is 316 g/mol. The summed E-state index contributed by atoms with van der Waals surface area (Å²) in [5, 5.41) is 2.96. The van der Waals surface area contributed by atoms with Crippen molar-refractivity contribution >= 4 is 11.7 Å². The fourth-order valence-electron chi connectivity index (χ4n) is 2.36. The van der Waals surface area contributed by atoms with Crippen molar-refractivity contribution in [3.63, 3.8) is 0 Å². The smallest absolute Gasteiger partial charge is 0.322 e. The number of amides is 2. The fourth-order valence-corrected chi connectivity index (χ4v) is 2.36. The van der Waals surface area contributed by atoms with E-state index in [2.05, 4.69) is 5.32 Å². The highest BCUT2D eigenvalue weighted by molar-refractivity contribution is 5.90. The maximum Gasteiger partial charge on any atom is 0.322 e. The van der Waals surface area contributed by atoms with Gasteiger partial charge in [-0.3, -0.25) is 0 Å². The van der Waals surface area contributed by atoms with Crippen LogP contribution in [-0.2, 0) is 11.3 Å². The molecule has 5 nitrogen and oxygen atoms in total. The Morgan fingerprint density at radius 1 is 1.22 bits per heavy atom. The summed E-state index contributed by atoms with van der Waals surface area (Å²) in [4.78, 5) is 14.3. The van der Waals surface area contributed by atoms with Crippen LogP contribution >= 0.6 is 0 Å². The first-order valence-electron chi connectivity index (χ1n) is 7.67. The van der Waals surface area contributed by atoms with Crippen molar-refractivity contribution in [3.8, 4) is 0 Å². The molecular formula is C18H24N2O3. The van der Waals surface area contributed by atoms with Gasteiger partial charge in [0.15, 0.2) is 0 Å². The molecule has 124 valence electrons. The van der Waals surface area contributed by atoms with Crippen LogP contribution in [0, 0.1) is 20.8 Å². The third-order valence-electron chi connectivity index (χ3n) is 3.62. The number of methoxy groups -OCH3 is 1. The molecule has 0 atom stereocenters. The molecule has 0 spiro atoms. The molecule has 0 unspecified atom stereocenters. The van der Waals surface area contributed by atoms with Crippen LogP contribution < -0.4 is 5.32 Å². The normalized spacial score (nSPS) is 10.6. The van der Waals surface area contributed by atoms with Crippen molar-refractivity contribution in [2.45, 2.75) is 27.3 Å². The van der Waals surface area contributed by atoms with Gasteiger partial charge < -0.3 is 19.4 Å². The minimum atomic E-state index is -0.164. The SMILES string of the molecule is COCCN(Cc1ccc(C)o1)C(=O)Nc1ccc(C)cc1C. The van der Waals surface area contributed by atoms with Crippen LogP contribution in [0.4, 0.5) is 10.5 Å². The second-order valence-electron chi connectivity index (χ2n) is 5.68. The standard InChI is InChI=1S/C18H24N2O3/c1-13-5-8-17(14(2)11-13)19-18(21)20(9-10-22-4)12-16-7-6-15(3)23-16/h5-8,11H,9-10,12H2,1-4H3,(H,19,21). The Hall–Kier alpha value is -2.27. The predicted octanol–water partition coefficient (Wildman–Crippen LogP) is 3.89. The molecule has 1 heterocycles. The number of aryl methyl sites for hydroxylation is 3. The van der Waals surface area contributed by atoms with Gasteiger partial charge in [0.2, 0.25) is 0 Å². The number of nitrogens with zero attached hydrogens (tertiary/aromatic N) is 1. The molecule has 5 heteroatoms. The zero-order chi connectivity index (χ0) is 16.8. The molecule has 0 radical (unpaired) electrons. The monoisotopic (exact) mass is 316 g/mol. The Kier molecular flexibility index (Phi) is 5.82. The van der Waals surface area contributed by atoms with Gasteiger partial charge in [0.25, 0.3) is 0 Å². The number of carbonyl (C=O) groups excluding carboxylic acids is 1. The predicted molar refractivity (Wildman–Crippen MR) is 90.7 cm³/mol. The number of furan rings is 1.